The van der Waals surface area contributed by atoms with Gasteiger partial charge in [0.2, 0.25) is 0 Å². The minimum absolute atomic E-state index is 0.231. The lowest BCUT2D eigenvalue weighted by Gasteiger charge is -2.22. The summed E-state index contributed by atoms with van der Waals surface area (Å²) in [6.45, 7) is 0.236. The van der Waals surface area contributed by atoms with Crippen LogP contribution in [0.2, 0.25) is 5.02 Å². The number of nitrogens with zero attached hydrogens (tertiary/aromatic N) is 5. The lowest BCUT2D eigenvalue weighted by atomic mass is 10.2. The monoisotopic (exact) mass is 501 g/mol. The molecule has 4 heterocycles. The number of aromatic nitrogens is 5. The van der Waals surface area contributed by atoms with E-state index in [0.29, 0.717) is 33.6 Å². The third kappa shape index (κ3) is 4.75. The van der Waals surface area contributed by atoms with Crippen molar-refractivity contribution >= 4 is 40.8 Å². The number of H-pyrrole nitrogens is 1. The first kappa shape index (κ1) is 23.1. The van der Waals surface area contributed by atoms with Crippen molar-refractivity contribution in [1.82, 2.24) is 24.3 Å². The summed E-state index contributed by atoms with van der Waals surface area (Å²) in [6, 6.07) is 14.1. The first-order valence-corrected chi connectivity index (χ1v) is 11.2. The number of amides is 2. The van der Waals surface area contributed by atoms with E-state index in [9.17, 15) is 9.59 Å². The molecule has 1 aromatic carbocycles. The number of fused-ring (bicyclic) bond motifs is 1. The van der Waals surface area contributed by atoms with Crippen molar-refractivity contribution in [3.05, 3.63) is 95.9 Å². The standard InChI is InChI=1S/C25H20ClN7O3/c1-36-25(35)31-21-7-5-16(12-29-21)20-13-30-23-8-6-17(14-33(20)23)24(34)32(15-22-27-9-10-28-22)19-4-2-3-18(26)11-19/h2-14H,15H2,1H3,(H,27,28)(H,29,31,35). The van der Waals surface area contributed by atoms with E-state index in [2.05, 4.69) is 30.0 Å². The van der Waals surface area contributed by atoms with E-state index in [-0.39, 0.29) is 12.5 Å². The van der Waals surface area contributed by atoms with E-state index in [1.54, 1.807) is 78.3 Å². The predicted molar refractivity (Wildman–Crippen MR) is 135 cm³/mol. The summed E-state index contributed by atoms with van der Waals surface area (Å²) in [5.74, 6) is 0.760. The van der Waals surface area contributed by atoms with Crippen molar-refractivity contribution < 1.29 is 14.3 Å². The van der Waals surface area contributed by atoms with Crippen LogP contribution in [-0.2, 0) is 11.3 Å². The van der Waals surface area contributed by atoms with Crippen LogP contribution in [0.3, 0.4) is 0 Å². The molecule has 0 saturated heterocycles. The molecule has 2 N–H and O–H groups in total. The Kier molecular flexibility index (Phi) is 6.33. The zero-order chi connectivity index (χ0) is 25.1. The lowest BCUT2D eigenvalue weighted by molar-refractivity contribution is 0.0984. The molecule has 2 amide bonds. The highest BCUT2D eigenvalue weighted by Gasteiger charge is 2.21. The normalized spacial score (nSPS) is 10.8. The molecule has 0 aliphatic carbocycles. The summed E-state index contributed by atoms with van der Waals surface area (Å²) in [4.78, 5) is 42.7. The SMILES string of the molecule is COC(=O)Nc1ccc(-c2cnc3ccc(C(=O)N(Cc4ncc[nH]4)c4cccc(Cl)c4)cn23)cn1. The van der Waals surface area contributed by atoms with Crippen molar-refractivity contribution in [2.75, 3.05) is 17.3 Å². The zero-order valence-corrected chi connectivity index (χ0v) is 19.8. The highest BCUT2D eigenvalue weighted by atomic mass is 35.5. The van der Waals surface area contributed by atoms with E-state index in [1.165, 1.54) is 7.11 Å². The number of carbonyl (C=O) groups is 2. The molecule has 0 aliphatic heterocycles. The number of hydrogen-bond donors (Lipinski definition) is 2. The van der Waals surface area contributed by atoms with Crippen LogP contribution >= 0.6 is 11.6 Å². The number of rotatable bonds is 6. The Morgan fingerprint density at radius 3 is 2.72 bits per heavy atom. The molecule has 0 bridgehead atoms. The van der Waals surface area contributed by atoms with Gasteiger partial charge in [0.15, 0.2) is 0 Å². The van der Waals surface area contributed by atoms with E-state index in [0.717, 1.165) is 11.3 Å². The van der Waals surface area contributed by atoms with Crippen LogP contribution in [0.1, 0.15) is 16.2 Å². The zero-order valence-electron chi connectivity index (χ0n) is 19.1. The van der Waals surface area contributed by atoms with Crippen LogP contribution in [0.15, 0.2) is 79.5 Å². The van der Waals surface area contributed by atoms with Gasteiger partial charge in [-0.15, -0.1) is 0 Å². The van der Waals surface area contributed by atoms with Crippen molar-refractivity contribution in [3.63, 3.8) is 0 Å². The second kappa shape index (κ2) is 9.88. The van der Waals surface area contributed by atoms with Gasteiger partial charge in [0.25, 0.3) is 5.91 Å². The van der Waals surface area contributed by atoms with Gasteiger partial charge in [0, 0.05) is 41.1 Å². The summed E-state index contributed by atoms with van der Waals surface area (Å²) in [7, 11) is 1.28. The number of methoxy groups -OCH3 is 1. The first-order valence-electron chi connectivity index (χ1n) is 10.9. The number of nitrogens with one attached hydrogen (secondary N) is 2. The second-order valence-corrected chi connectivity index (χ2v) is 8.18. The van der Waals surface area contributed by atoms with Crippen molar-refractivity contribution in [3.8, 4) is 11.3 Å². The highest BCUT2D eigenvalue weighted by molar-refractivity contribution is 6.31. The second-order valence-electron chi connectivity index (χ2n) is 7.75. The molecule has 0 fully saturated rings. The molecule has 5 rings (SSSR count). The number of carbonyl (C=O) groups excluding carboxylic acids is 2. The van der Waals surface area contributed by atoms with Gasteiger partial charge in [-0.05, 0) is 42.5 Å². The van der Waals surface area contributed by atoms with E-state index >= 15 is 0 Å². The minimum Gasteiger partial charge on any atom is -0.453 e. The Labute approximate surface area is 210 Å². The molecular weight excluding hydrogens is 482 g/mol. The molecule has 0 unspecified atom stereocenters. The van der Waals surface area contributed by atoms with Crippen LogP contribution in [-0.4, -0.2) is 43.4 Å². The maximum absolute atomic E-state index is 13.7. The third-order valence-corrected chi connectivity index (χ3v) is 5.69. The molecule has 5 aromatic rings. The molecule has 180 valence electrons. The Bertz CT molecular complexity index is 1530. The van der Waals surface area contributed by atoms with Gasteiger partial charge in [0.1, 0.15) is 17.3 Å². The highest BCUT2D eigenvalue weighted by Crippen LogP contribution is 2.25. The summed E-state index contributed by atoms with van der Waals surface area (Å²) in [6.07, 6.45) is 7.79. The number of imidazole rings is 2. The summed E-state index contributed by atoms with van der Waals surface area (Å²) < 4.78 is 6.41. The Morgan fingerprint density at radius 2 is 2.00 bits per heavy atom. The Hall–Kier alpha value is -4.70. The largest absolute Gasteiger partial charge is 0.453 e. The van der Waals surface area contributed by atoms with Gasteiger partial charge in [-0.1, -0.05) is 17.7 Å². The quantitative estimate of drug-likeness (QED) is 0.345. The number of aromatic amines is 1. The maximum Gasteiger partial charge on any atom is 0.412 e. The van der Waals surface area contributed by atoms with Gasteiger partial charge >= 0.3 is 6.09 Å². The first-order chi connectivity index (χ1) is 17.5. The van der Waals surface area contributed by atoms with Crippen molar-refractivity contribution in [2.45, 2.75) is 6.54 Å². The average Bonchev–Trinajstić information content (AvgIpc) is 3.57. The fourth-order valence-corrected chi connectivity index (χ4v) is 3.89. The van der Waals surface area contributed by atoms with Crippen LogP contribution < -0.4 is 10.2 Å². The van der Waals surface area contributed by atoms with Gasteiger partial charge < -0.3 is 14.6 Å². The molecule has 10 nitrogen and oxygen atoms in total. The van der Waals surface area contributed by atoms with Crippen LogP contribution in [0.5, 0.6) is 0 Å². The fourth-order valence-electron chi connectivity index (χ4n) is 3.71. The summed E-state index contributed by atoms with van der Waals surface area (Å²) in [5.41, 5.74) is 3.25. The smallest absolute Gasteiger partial charge is 0.412 e. The molecule has 0 radical (unpaired) electrons. The van der Waals surface area contributed by atoms with E-state index in [4.69, 9.17) is 11.6 Å². The molecule has 0 saturated carbocycles. The number of ether oxygens (including phenoxy) is 1. The maximum atomic E-state index is 13.7. The molecule has 11 heteroatoms. The minimum atomic E-state index is -0.605. The lowest BCUT2D eigenvalue weighted by Crippen LogP contribution is -2.31. The third-order valence-electron chi connectivity index (χ3n) is 5.46. The molecule has 0 aliphatic rings. The number of benzene rings is 1. The number of hydrogen-bond acceptors (Lipinski definition) is 6. The van der Waals surface area contributed by atoms with E-state index in [1.807, 2.05) is 10.5 Å². The van der Waals surface area contributed by atoms with Crippen molar-refractivity contribution in [1.29, 1.82) is 0 Å². The van der Waals surface area contributed by atoms with Crippen LogP contribution in [0, 0.1) is 0 Å². The van der Waals surface area contributed by atoms with Gasteiger partial charge in [-0.25, -0.2) is 19.7 Å². The number of anilines is 2. The van der Waals surface area contributed by atoms with E-state index < -0.39 is 6.09 Å². The average molecular weight is 502 g/mol. The predicted octanol–water partition coefficient (Wildman–Crippen LogP) is 4.80. The molecule has 0 atom stereocenters. The molecule has 36 heavy (non-hydrogen) atoms. The fraction of sp³-hybridized carbons (Fsp3) is 0.0800. The van der Waals surface area contributed by atoms with Gasteiger partial charge in [-0.3, -0.25) is 14.5 Å². The van der Waals surface area contributed by atoms with Crippen molar-refractivity contribution in [2.24, 2.45) is 0 Å². The number of pyridine rings is 2. The molecule has 0 spiro atoms. The Balaban J connectivity index is 1.49. The van der Waals surface area contributed by atoms with Gasteiger partial charge in [-0.2, -0.15) is 0 Å². The summed E-state index contributed by atoms with van der Waals surface area (Å²) >= 11 is 6.21. The van der Waals surface area contributed by atoms with Gasteiger partial charge in [0.05, 0.1) is 31.1 Å². The summed E-state index contributed by atoms with van der Waals surface area (Å²) in [5, 5.41) is 3.04. The number of halogens is 1. The molecule has 4 aromatic heterocycles. The van der Waals surface area contributed by atoms with Crippen LogP contribution in [0.4, 0.5) is 16.3 Å². The Morgan fingerprint density at radius 1 is 1.11 bits per heavy atom. The molecular formula is C25H20ClN7O3. The topological polar surface area (TPSA) is 118 Å². The van der Waals surface area contributed by atoms with Crippen LogP contribution in [0.25, 0.3) is 16.9 Å².